The SMILES string of the molecule is Cc1ccc(NC(=O)c2coc(CN3CCN(Cc4ccc5c(c4)OCCO5)CC3)n2)cc1Cl. The van der Waals surface area contributed by atoms with Crippen LogP contribution >= 0.6 is 11.6 Å². The van der Waals surface area contributed by atoms with Gasteiger partial charge in [-0.15, -0.1) is 0 Å². The Morgan fingerprint density at radius 3 is 2.50 bits per heavy atom. The van der Waals surface area contributed by atoms with E-state index in [1.54, 1.807) is 6.07 Å². The lowest BCUT2D eigenvalue weighted by molar-refractivity contribution is 0.102. The number of hydrogen-bond donors (Lipinski definition) is 1. The van der Waals surface area contributed by atoms with Crippen LogP contribution in [0.25, 0.3) is 0 Å². The molecule has 3 aromatic rings. The van der Waals surface area contributed by atoms with Gasteiger partial charge < -0.3 is 19.2 Å². The summed E-state index contributed by atoms with van der Waals surface area (Å²) < 4.78 is 16.9. The van der Waals surface area contributed by atoms with Crippen LogP contribution in [0.2, 0.25) is 5.02 Å². The molecule has 1 fully saturated rings. The molecule has 8 nitrogen and oxygen atoms in total. The highest BCUT2D eigenvalue weighted by atomic mass is 35.5. The van der Waals surface area contributed by atoms with Gasteiger partial charge in [-0.1, -0.05) is 23.7 Å². The van der Waals surface area contributed by atoms with Crippen molar-refractivity contribution in [2.45, 2.75) is 20.0 Å². The number of aromatic nitrogens is 1. The molecular formula is C25H27ClN4O4. The highest BCUT2D eigenvalue weighted by molar-refractivity contribution is 6.31. The van der Waals surface area contributed by atoms with Crippen molar-refractivity contribution in [3.05, 3.63) is 70.4 Å². The van der Waals surface area contributed by atoms with E-state index in [9.17, 15) is 4.79 Å². The number of anilines is 1. The molecule has 178 valence electrons. The number of oxazole rings is 1. The van der Waals surface area contributed by atoms with Gasteiger partial charge in [-0.2, -0.15) is 0 Å². The zero-order chi connectivity index (χ0) is 23.5. The fourth-order valence-electron chi connectivity index (χ4n) is 4.09. The molecule has 0 bridgehead atoms. The van der Waals surface area contributed by atoms with Crippen molar-refractivity contribution in [3.63, 3.8) is 0 Å². The Balaban J connectivity index is 1.11. The summed E-state index contributed by atoms with van der Waals surface area (Å²) in [6.07, 6.45) is 1.40. The maximum absolute atomic E-state index is 12.5. The highest BCUT2D eigenvalue weighted by Gasteiger charge is 2.21. The molecule has 0 atom stereocenters. The van der Waals surface area contributed by atoms with Crippen LogP contribution in [-0.4, -0.2) is 60.1 Å². The summed E-state index contributed by atoms with van der Waals surface area (Å²) in [5.41, 5.74) is 3.05. The van der Waals surface area contributed by atoms with Gasteiger partial charge in [0.25, 0.3) is 5.91 Å². The van der Waals surface area contributed by atoms with Crippen molar-refractivity contribution < 1.29 is 18.7 Å². The number of amides is 1. The molecule has 2 aliphatic heterocycles. The third-order valence-electron chi connectivity index (χ3n) is 6.05. The lowest BCUT2D eigenvalue weighted by atomic mass is 10.1. The molecule has 2 aliphatic rings. The van der Waals surface area contributed by atoms with Crippen LogP contribution in [-0.2, 0) is 13.1 Å². The molecule has 1 N–H and O–H groups in total. The Bertz CT molecular complexity index is 1170. The first-order valence-corrected chi connectivity index (χ1v) is 11.8. The van der Waals surface area contributed by atoms with Crippen LogP contribution < -0.4 is 14.8 Å². The number of fused-ring (bicyclic) bond motifs is 1. The largest absolute Gasteiger partial charge is 0.486 e. The summed E-state index contributed by atoms with van der Waals surface area (Å²) >= 11 is 6.13. The monoisotopic (exact) mass is 482 g/mol. The summed E-state index contributed by atoms with van der Waals surface area (Å²) in [6, 6.07) is 11.6. The van der Waals surface area contributed by atoms with E-state index in [0.717, 1.165) is 49.8 Å². The normalized spacial score (nSPS) is 16.4. The van der Waals surface area contributed by atoms with Crippen LogP contribution in [0.1, 0.15) is 27.5 Å². The van der Waals surface area contributed by atoms with Crippen LogP contribution in [0, 0.1) is 6.92 Å². The predicted molar refractivity (Wildman–Crippen MR) is 129 cm³/mol. The number of halogens is 1. The van der Waals surface area contributed by atoms with Gasteiger partial charge in [0.1, 0.15) is 19.5 Å². The second kappa shape index (κ2) is 10.0. The average molecular weight is 483 g/mol. The van der Waals surface area contributed by atoms with Crippen molar-refractivity contribution in [2.75, 3.05) is 44.7 Å². The third-order valence-corrected chi connectivity index (χ3v) is 6.46. The van der Waals surface area contributed by atoms with E-state index in [-0.39, 0.29) is 11.6 Å². The van der Waals surface area contributed by atoms with E-state index in [2.05, 4.69) is 32.2 Å². The zero-order valence-corrected chi connectivity index (χ0v) is 19.8. The van der Waals surface area contributed by atoms with E-state index < -0.39 is 0 Å². The third kappa shape index (κ3) is 5.35. The smallest absolute Gasteiger partial charge is 0.277 e. The number of benzene rings is 2. The van der Waals surface area contributed by atoms with Gasteiger partial charge in [0.15, 0.2) is 17.2 Å². The second-order valence-corrected chi connectivity index (χ2v) is 8.98. The number of aryl methyl sites for hydroxylation is 1. The van der Waals surface area contributed by atoms with E-state index >= 15 is 0 Å². The predicted octanol–water partition coefficient (Wildman–Crippen LogP) is 3.98. The van der Waals surface area contributed by atoms with Crippen molar-refractivity contribution in [1.82, 2.24) is 14.8 Å². The standard InChI is InChI=1S/C25H27ClN4O4/c1-17-2-4-19(13-20(17)26)27-25(31)21-16-34-24(28-21)15-30-8-6-29(7-9-30)14-18-3-5-22-23(12-18)33-11-10-32-22/h2-5,12-13,16H,6-11,14-15H2,1H3,(H,27,31). The Kier molecular flexibility index (Phi) is 6.71. The Labute approximate surface area is 203 Å². The molecule has 0 unspecified atom stereocenters. The number of carbonyl (C=O) groups excluding carboxylic acids is 1. The van der Waals surface area contributed by atoms with Crippen LogP contribution in [0.4, 0.5) is 5.69 Å². The fourth-order valence-corrected chi connectivity index (χ4v) is 4.28. The van der Waals surface area contributed by atoms with Gasteiger partial charge in [-0.25, -0.2) is 4.98 Å². The summed E-state index contributed by atoms with van der Waals surface area (Å²) in [6.45, 7) is 8.24. The van der Waals surface area contributed by atoms with E-state index in [1.165, 1.54) is 11.8 Å². The minimum absolute atomic E-state index is 0.254. The van der Waals surface area contributed by atoms with Gasteiger partial charge in [0, 0.05) is 43.4 Å². The topological polar surface area (TPSA) is 80.1 Å². The van der Waals surface area contributed by atoms with Gasteiger partial charge in [-0.3, -0.25) is 14.6 Å². The summed E-state index contributed by atoms with van der Waals surface area (Å²) in [4.78, 5) is 21.6. The first kappa shape index (κ1) is 22.7. The quantitative estimate of drug-likeness (QED) is 0.569. The summed E-state index contributed by atoms with van der Waals surface area (Å²) in [5.74, 6) is 1.87. The Hall–Kier alpha value is -3.07. The number of nitrogens with one attached hydrogen (secondary N) is 1. The molecule has 0 radical (unpaired) electrons. The number of hydrogen-bond acceptors (Lipinski definition) is 7. The molecule has 1 aromatic heterocycles. The molecular weight excluding hydrogens is 456 g/mol. The number of piperazine rings is 1. The molecule has 34 heavy (non-hydrogen) atoms. The molecule has 1 amide bonds. The van der Waals surface area contributed by atoms with Crippen molar-refractivity contribution >= 4 is 23.2 Å². The second-order valence-electron chi connectivity index (χ2n) is 8.57. The van der Waals surface area contributed by atoms with Crippen molar-refractivity contribution in [1.29, 1.82) is 0 Å². The molecule has 0 spiro atoms. The zero-order valence-electron chi connectivity index (χ0n) is 19.1. The van der Waals surface area contributed by atoms with Crippen LogP contribution in [0.3, 0.4) is 0 Å². The van der Waals surface area contributed by atoms with Gasteiger partial charge in [0.05, 0.1) is 6.54 Å². The van der Waals surface area contributed by atoms with E-state index in [0.29, 0.717) is 36.4 Å². The highest BCUT2D eigenvalue weighted by Crippen LogP contribution is 2.31. The molecule has 9 heteroatoms. The lowest BCUT2D eigenvalue weighted by Gasteiger charge is -2.34. The molecule has 3 heterocycles. The average Bonchev–Trinajstić information content (AvgIpc) is 3.31. The number of nitrogens with zero attached hydrogens (tertiary/aromatic N) is 3. The first-order valence-electron chi connectivity index (χ1n) is 11.4. The van der Waals surface area contributed by atoms with Crippen LogP contribution in [0.15, 0.2) is 47.1 Å². The van der Waals surface area contributed by atoms with Gasteiger partial charge in [-0.05, 0) is 42.3 Å². The minimum Gasteiger partial charge on any atom is -0.486 e. The molecule has 1 saturated heterocycles. The van der Waals surface area contributed by atoms with Gasteiger partial charge >= 0.3 is 0 Å². The van der Waals surface area contributed by atoms with E-state index in [1.807, 2.05) is 25.1 Å². The molecule has 5 rings (SSSR count). The number of rotatable bonds is 6. The molecule has 2 aromatic carbocycles. The van der Waals surface area contributed by atoms with E-state index in [4.69, 9.17) is 25.5 Å². The summed E-state index contributed by atoms with van der Waals surface area (Å²) in [5, 5.41) is 3.41. The summed E-state index contributed by atoms with van der Waals surface area (Å²) in [7, 11) is 0. The molecule has 0 aliphatic carbocycles. The Morgan fingerprint density at radius 1 is 1.00 bits per heavy atom. The first-order chi connectivity index (χ1) is 16.5. The Morgan fingerprint density at radius 2 is 1.74 bits per heavy atom. The number of carbonyl (C=O) groups is 1. The van der Waals surface area contributed by atoms with Crippen molar-refractivity contribution in [2.24, 2.45) is 0 Å². The van der Waals surface area contributed by atoms with Crippen LogP contribution in [0.5, 0.6) is 11.5 Å². The maximum atomic E-state index is 12.5. The van der Waals surface area contributed by atoms with Crippen molar-refractivity contribution in [3.8, 4) is 11.5 Å². The lowest BCUT2D eigenvalue weighted by Crippen LogP contribution is -2.45. The molecule has 0 saturated carbocycles. The maximum Gasteiger partial charge on any atom is 0.277 e. The fraction of sp³-hybridized carbons (Fsp3) is 0.360. The number of ether oxygens (including phenoxy) is 2. The minimum atomic E-state index is -0.320. The van der Waals surface area contributed by atoms with Gasteiger partial charge in [0.2, 0.25) is 5.89 Å².